The smallest absolute Gasteiger partial charge is 0.294 e. The van der Waals surface area contributed by atoms with Crippen LogP contribution < -0.4 is 10.6 Å². The topological polar surface area (TPSA) is 132 Å². The second kappa shape index (κ2) is 8.47. The highest BCUT2D eigenvalue weighted by molar-refractivity contribution is 6.43. The number of carbonyl (C=O) groups is 3. The third kappa shape index (κ3) is 3.87. The predicted octanol–water partition coefficient (Wildman–Crippen LogP) is 2.81. The number of nitrogens with zero attached hydrogens (tertiary/aromatic N) is 4. The van der Waals surface area contributed by atoms with Gasteiger partial charge < -0.3 is 19.7 Å². The van der Waals surface area contributed by atoms with E-state index in [0.717, 1.165) is 6.42 Å². The molecule has 0 aromatic carbocycles. The van der Waals surface area contributed by atoms with E-state index in [1.807, 2.05) is 0 Å². The zero-order chi connectivity index (χ0) is 24.8. The molecule has 3 aromatic heterocycles. The van der Waals surface area contributed by atoms with Crippen LogP contribution in [0.1, 0.15) is 68.6 Å². The van der Waals surface area contributed by atoms with Crippen LogP contribution in [0, 0.1) is 33.6 Å². The highest BCUT2D eigenvalue weighted by atomic mass is 19.1. The predicted molar refractivity (Wildman–Crippen MR) is 119 cm³/mol. The van der Waals surface area contributed by atoms with Crippen LogP contribution in [0.2, 0.25) is 0 Å². The van der Waals surface area contributed by atoms with E-state index in [9.17, 15) is 18.8 Å². The number of nitrogens with one attached hydrogen (secondary N) is 2. The summed E-state index contributed by atoms with van der Waals surface area (Å²) in [6.07, 6.45) is 3.22. The molecule has 3 aromatic rings. The first-order valence-corrected chi connectivity index (χ1v) is 10.8. The molecule has 1 fully saturated rings. The molecule has 1 aliphatic rings. The Labute approximate surface area is 194 Å². The second-order valence-corrected chi connectivity index (χ2v) is 8.64. The molecule has 10 nitrogen and oxygen atoms in total. The molecule has 4 rings (SSSR count). The second-order valence-electron chi connectivity index (χ2n) is 8.64. The minimum atomic E-state index is -0.865. The molecule has 1 aliphatic carbocycles. The summed E-state index contributed by atoms with van der Waals surface area (Å²) in [6, 6.07) is 1.46. The molecule has 11 heteroatoms. The minimum Gasteiger partial charge on any atom is -0.344 e. The normalized spacial score (nSPS) is 14.4. The van der Waals surface area contributed by atoms with Crippen LogP contribution in [0.5, 0.6) is 0 Å². The van der Waals surface area contributed by atoms with Crippen LogP contribution in [0.4, 0.5) is 10.1 Å². The van der Waals surface area contributed by atoms with Gasteiger partial charge in [0.25, 0.3) is 23.5 Å². The fourth-order valence-corrected chi connectivity index (χ4v) is 4.25. The highest BCUT2D eigenvalue weighted by Crippen LogP contribution is 2.40. The van der Waals surface area contributed by atoms with Crippen molar-refractivity contribution in [2.45, 2.75) is 52.5 Å². The van der Waals surface area contributed by atoms with E-state index in [1.165, 1.54) is 23.8 Å². The number of amides is 2. The maximum Gasteiger partial charge on any atom is 0.294 e. The molecule has 0 bridgehead atoms. The summed E-state index contributed by atoms with van der Waals surface area (Å²) in [5.74, 6) is -1.98. The molecule has 0 aliphatic heterocycles. The van der Waals surface area contributed by atoms with Gasteiger partial charge in [-0.25, -0.2) is 4.98 Å². The van der Waals surface area contributed by atoms with Crippen molar-refractivity contribution in [1.82, 2.24) is 25.0 Å². The molecule has 3 heterocycles. The lowest BCUT2D eigenvalue weighted by molar-refractivity contribution is -0.120. The summed E-state index contributed by atoms with van der Waals surface area (Å²) >= 11 is 0. The van der Waals surface area contributed by atoms with E-state index >= 15 is 0 Å². The summed E-state index contributed by atoms with van der Waals surface area (Å²) in [7, 11) is 1.61. The Kier molecular flexibility index (Phi) is 5.80. The van der Waals surface area contributed by atoms with Gasteiger partial charge in [0.2, 0.25) is 5.95 Å². The Balaban J connectivity index is 1.59. The SMILES string of the molecule is Cc1noc(C2(NC(=O)C(=O)c3c(C)c(C(=O)Nc4cnc(F)c(C)c4)c(C)n3C)CCC2)n1. The number of ketones is 1. The zero-order valence-corrected chi connectivity index (χ0v) is 19.6. The van der Waals surface area contributed by atoms with Crippen molar-refractivity contribution in [2.75, 3.05) is 5.32 Å². The lowest BCUT2D eigenvalue weighted by Gasteiger charge is -2.38. The lowest BCUT2D eigenvalue weighted by atomic mass is 9.76. The molecule has 1 saturated carbocycles. The van der Waals surface area contributed by atoms with Gasteiger partial charge in [-0.3, -0.25) is 14.4 Å². The largest absolute Gasteiger partial charge is 0.344 e. The Morgan fingerprint density at radius 2 is 1.88 bits per heavy atom. The highest BCUT2D eigenvalue weighted by Gasteiger charge is 2.46. The number of halogens is 1. The van der Waals surface area contributed by atoms with Gasteiger partial charge in [-0.15, -0.1) is 0 Å². The van der Waals surface area contributed by atoms with Crippen molar-refractivity contribution in [3.63, 3.8) is 0 Å². The van der Waals surface area contributed by atoms with E-state index < -0.39 is 29.1 Å². The fraction of sp³-hybridized carbons (Fsp3) is 0.391. The van der Waals surface area contributed by atoms with Gasteiger partial charge in [0.15, 0.2) is 5.82 Å². The molecule has 0 radical (unpaired) electrons. The van der Waals surface area contributed by atoms with Gasteiger partial charge in [-0.1, -0.05) is 5.16 Å². The van der Waals surface area contributed by atoms with E-state index in [0.29, 0.717) is 35.6 Å². The van der Waals surface area contributed by atoms with E-state index in [4.69, 9.17) is 4.52 Å². The summed E-state index contributed by atoms with van der Waals surface area (Å²) in [6.45, 7) is 6.51. The van der Waals surface area contributed by atoms with Crippen molar-refractivity contribution < 1.29 is 23.3 Å². The molecule has 178 valence electrons. The number of aryl methyl sites for hydroxylation is 2. The van der Waals surface area contributed by atoms with Gasteiger partial charge in [0.05, 0.1) is 23.1 Å². The van der Waals surface area contributed by atoms with Gasteiger partial charge in [-0.2, -0.15) is 9.37 Å². The van der Waals surface area contributed by atoms with Gasteiger partial charge >= 0.3 is 0 Å². The summed E-state index contributed by atoms with van der Waals surface area (Å²) in [4.78, 5) is 47.0. The van der Waals surface area contributed by atoms with Gasteiger partial charge in [0, 0.05) is 18.3 Å². The quantitative estimate of drug-likeness (QED) is 0.323. The molecule has 0 unspecified atom stereocenters. The van der Waals surface area contributed by atoms with Crippen molar-refractivity contribution >= 4 is 23.3 Å². The fourth-order valence-electron chi connectivity index (χ4n) is 4.25. The number of aromatic nitrogens is 4. The molecule has 2 amide bonds. The van der Waals surface area contributed by atoms with E-state index in [-0.39, 0.29) is 22.7 Å². The first-order chi connectivity index (χ1) is 16.0. The van der Waals surface area contributed by atoms with E-state index in [2.05, 4.69) is 25.8 Å². The zero-order valence-electron chi connectivity index (χ0n) is 19.6. The van der Waals surface area contributed by atoms with Crippen LogP contribution >= 0.6 is 0 Å². The molecule has 0 spiro atoms. The van der Waals surface area contributed by atoms with Crippen LogP contribution in [0.3, 0.4) is 0 Å². The third-order valence-corrected chi connectivity index (χ3v) is 6.35. The van der Waals surface area contributed by atoms with Gasteiger partial charge in [0.1, 0.15) is 5.54 Å². The Hall–Kier alpha value is -3.89. The summed E-state index contributed by atoms with van der Waals surface area (Å²) in [5, 5.41) is 9.24. The van der Waals surface area contributed by atoms with Crippen molar-refractivity contribution in [2.24, 2.45) is 7.05 Å². The molecular weight excluding hydrogens is 443 g/mol. The third-order valence-electron chi connectivity index (χ3n) is 6.35. The van der Waals surface area contributed by atoms with E-state index in [1.54, 1.807) is 27.8 Å². The molecule has 2 N–H and O–H groups in total. The van der Waals surface area contributed by atoms with Crippen molar-refractivity contribution in [1.29, 1.82) is 0 Å². The minimum absolute atomic E-state index is 0.102. The maximum atomic E-state index is 13.4. The van der Waals surface area contributed by atoms with Crippen LogP contribution in [-0.2, 0) is 17.4 Å². The van der Waals surface area contributed by atoms with Crippen LogP contribution in [0.15, 0.2) is 16.8 Å². The number of hydrogen-bond donors (Lipinski definition) is 2. The Bertz CT molecular complexity index is 1320. The summed E-state index contributed by atoms with van der Waals surface area (Å²) in [5.41, 5.74) is 0.962. The van der Waals surface area contributed by atoms with Crippen LogP contribution in [-0.4, -0.2) is 37.3 Å². The summed E-state index contributed by atoms with van der Waals surface area (Å²) < 4.78 is 20.2. The lowest BCUT2D eigenvalue weighted by Crippen LogP contribution is -2.53. The Morgan fingerprint density at radius 3 is 2.44 bits per heavy atom. The number of rotatable bonds is 6. The number of pyridine rings is 1. The first kappa shape index (κ1) is 23.3. The number of Topliss-reactive ketones (excluding diaryl/α,β-unsaturated/α-hetero) is 1. The standard InChI is InChI=1S/C23H25FN6O4/c1-11-9-15(10-25-19(11)24)27-20(32)16-12(2)17(30(5)13(16)3)18(31)21(33)28-23(7-6-8-23)22-26-14(4)29-34-22/h9-10H,6-8H2,1-5H3,(H,27,32)(H,28,33). The number of hydrogen-bond acceptors (Lipinski definition) is 7. The van der Waals surface area contributed by atoms with Crippen LogP contribution in [0.25, 0.3) is 0 Å². The molecule has 0 saturated heterocycles. The Morgan fingerprint density at radius 1 is 1.18 bits per heavy atom. The molecular formula is C23H25FN6O4. The van der Waals surface area contributed by atoms with Crippen molar-refractivity contribution in [3.8, 4) is 0 Å². The van der Waals surface area contributed by atoms with Gasteiger partial charge in [-0.05, 0) is 58.6 Å². The first-order valence-electron chi connectivity index (χ1n) is 10.8. The van der Waals surface area contributed by atoms with Crippen molar-refractivity contribution in [3.05, 3.63) is 58.0 Å². The molecule has 34 heavy (non-hydrogen) atoms. The average molecular weight is 468 g/mol. The molecule has 0 atom stereocenters. The number of anilines is 1. The maximum absolute atomic E-state index is 13.4. The average Bonchev–Trinajstić information content (AvgIpc) is 3.28. The number of carbonyl (C=O) groups excluding carboxylic acids is 3. The monoisotopic (exact) mass is 468 g/mol.